The van der Waals surface area contributed by atoms with Gasteiger partial charge >= 0.3 is 5.97 Å². The van der Waals surface area contributed by atoms with Gasteiger partial charge in [-0.15, -0.1) is 0 Å². The molecule has 0 fully saturated rings. The van der Waals surface area contributed by atoms with Gasteiger partial charge in [0.2, 0.25) is 0 Å². The van der Waals surface area contributed by atoms with E-state index in [9.17, 15) is 4.79 Å². The minimum atomic E-state index is -0.0799. The fourth-order valence-corrected chi connectivity index (χ4v) is 3.10. The van der Waals surface area contributed by atoms with Crippen LogP contribution in [0.2, 0.25) is 0 Å². The number of carbonyl (C=O) groups excluding carboxylic acids is 1. The SMILES string of the molecule is COC(=O)C(C(C)C)C1CCC=C1c1ccccc1. The molecule has 2 nitrogen and oxygen atoms in total. The van der Waals surface area contributed by atoms with Crippen molar-refractivity contribution in [2.75, 3.05) is 7.11 Å². The minimum absolute atomic E-state index is 0.0426. The molecule has 1 aliphatic rings. The Hall–Kier alpha value is -1.57. The van der Waals surface area contributed by atoms with Crippen LogP contribution in [0.3, 0.4) is 0 Å². The van der Waals surface area contributed by atoms with Crippen LogP contribution in [0, 0.1) is 17.8 Å². The molecular weight excluding hydrogens is 236 g/mol. The first-order valence-corrected chi connectivity index (χ1v) is 6.98. The van der Waals surface area contributed by atoms with Gasteiger partial charge in [0.15, 0.2) is 0 Å². The number of rotatable bonds is 4. The van der Waals surface area contributed by atoms with Crippen molar-refractivity contribution < 1.29 is 9.53 Å². The molecular formula is C17H22O2. The van der Waals surface area contributed by atoms with Crippen LogP contribution in [-0.2, 0) is 9.53 Å². The van der Waals surface area contributed by atoms with E-state index >= 15 is 0 Å². The van der Waals surface area contributed by atoms with Gasteiger partial charge < -0.3 is 4.74 Å². The Kier molecular flexibility index (Phi) is 4.41. The molecule has 102 valence electrons. The van der Waals surface area contributed by atoms with Crippen molar-refractivity contribution in [2.45, 2.75) is 26.7 Å². The summed E-state index contributed by atoms with van der Waals surface area (Å²) in [6.45, 7) is 4.20. The number of carbonyl (C=O) groups is 1. The molecule has 2 atom stereocenters. The van der Waals surface area contributed by atoms with Crippen LogP contribution in [0.25, 0.3) is 5.57 Å². The summed E-state index contributed by atoms with van der Waals surface area (Å²) < 4.78 is 5.00. The maximum Gasteiger partial charge on any atom is 0.309 e. The monoisotopic (exact) mass is 258 g/mol. The molecule has 1 aromatic rings. The number of methoxy groups -OCH3 is 1. The van der Waals surface area contributed by atoms with Crippen molar-refractivity contribution in [1.82, 2.24) is 0 Å². The lowest BCUT2D eigenvalue weighted by atomic mass is 9.78. The largest absolute Gasteiger partial charge is 0.469 e. The van der Waals surface area contributed by atoms with E-state index in [2.05, 4.69) is 32.1 Å². The van der Waals surface area contributed by atoms with Crippen molar-refractivity contribution in [2.24, 2.45) is 17.8 Å². The normalized spacial score (nSPS) is 20.2. The van der Waals surface area contributed by atoms with Crippen LogP contribution < -0.4 is 0 Å². The van der Waals surface area contributed by atoms with Crippen molar-refractivity contribution in [1.29, 1.82) is 0 Å². The fraction of sp³-hybridized carbons (Fsp3) is 0.471. The highest BCUT2D eigenvalue weighted by Crippen LogP contribution is 2.41. The Morgan fingerprint density at radius 3 is 2.53 bits per heavy atom. The summed E-state index contributed by atoms with van der Waals surface area (Å²) in [4.78, 5) is 12.1. The van der Waals surface area contributed by atoms with E-state index in [1.54, 1.807) is 0 Å². The van der Waals surface area contributed by atoms with E-state index in [4.69, 9.17) is 4.74 Å². The van der Waals surface area contributed by atoms with Crippen LogP contribution in [0.5, 0.6) is 0 Å². The number of esters is 1. The zero-order valence-electron chi connectivity index (χ0n) is 11.9. The molecule has 1 aromatic carbocycles. The van der Waals surface area contributed by atoms with Crippen LogP contribution in [0.15, 0.2) is 36.4 Å². The minimum Gasteiger partial charge on any atom is -0.469 e. The predicted octanol–water partition coefficient (Wildman–Crippen LogP) is 3.93. The average Bonchev–Trinajstić information content (AvgIpc) is 2.88. The summed E-state index contributed by atoms with van der Waals surface area (Å²) in [5.41, 5.74) is 2.55. The highest BCUT2D eigenvalue weighted by atomic mass is 16.5. The molecule has 0 saturated carbocycles. The van der Waals surface area contributed by atoms with Gasteiger partial charge in [0.25, 0.3) is 0 Å². The second-order valence-electron chi connectivity index (χ2n) is 5.50. The highest BCUT2D eigenvalue weighted by Gasteiger charge is 2.36. The molecule has 0 saturated heterocycles. The Morgan fingerprint density at radius 2 is 1.95 bits per heavy atom. The lowest BCUT2D eigenvalue weighted by Gasteiger charge is -2.27. The highest BCUT2D eigenvalue weighted by molar-refractivity contribution is 5.79. The molecule has 0 heterocycles. The molecule has 0 bridgehead atoms. The molecule has 0 aromatic heterocycles. The molecule has 0 aliphatic heterocycles. The summed E-state index contributed by atoms with van der Waals surface area (Å²) in [6, 6.07) is 10.4. The van der Waals surface area contributed by atoms with E-state index in [0.717, 1.165) is 12.8 Å². The summed E-state index contributed by atoms with van der Waals surface area (Å²) >= 11 is 0. The van der Waals surface area contributed by atoms with Gasteiger partial charge in [-0.3, -0.25) is 4.79 Å². The number of ether oxygens (including phenoxy) is 1. The van der Waals surface area contributed by atoms with E-state index in [-0.39, 0.29) is 17.8 Å². The maximum absolute atomic E-state index is 12.1. The Labute approximate surface area is 115 Å². The summed E-state index contributed by atoms with van der Waals surface area (Å²) in [5.74, 6) is 0.459. The topological polar surface area (TPSA) is 26.3 Å². The lowest BCUT2D eigenvalue weighted by molar-refractivity contribution is -0.148. The molecule has 19 heavy (non-hydrogen) atoms. The first-order chi connectivity index (χ1) is 9.15. The molecule has 2 heteroatoms. The fourth-order valence-electron chi connectivity index (χ4n) is 3.10. The van der Waals surface area contributed by atoms with Gasteiger partial charge in [-0.05, 0) is 35.8 Å². The Morgan fingerprint density at radius 1 is 1.26 bits per heavy atom. The zero-order valence-corrected chi connectivity index (χ0v) is 11.9. The lowest BCUT2D eigenvalue weighted by Crippen LogP contribution is -2.29. The summed E-state index contributed by atoms with van der Waals surface area (Å²) in [7, 11) is 1.48. The Bertz CT molecular complexity index is 459. The van der Waals surface area contributed by atoms with E-state index in [1.807, 2.05) is 18.2 Å². The number of allylic oxidation sites excluding steroid dienone is 2. The quantitative estimate of drug-likeness (QED) is 0.765. The van der Waals surface area contributed by atoms with E-state index < -0.39 is 0 Å². The van der Waals surface area contributed by atoms with Gasteiger partial charge in [-0.2, -0.15) is 0 Å². The van der Waals surface area contributed by atoms with Crippen LogP contribution in [-0.4, -0.2) is 13.1 Å². The standard InChI is InChI=1S/C17H22O2/c1-12(2)16(17(18)19-3)15-11-7-10-14(15)13-8-5-4-6-9-13/h4-6,8-10,12,15-16H,7,11H2,1-3H3. The van der Waals surface area contributed by atoms with Crippen molar-refractivity contribution >= 4 is 11.5 Å². The summed E-state index contributed by atoms with van der Waals surface area (Å²) in [6.07, 6.45) is 4.37. The maximum atomic E-state index is 12.1. The second kappa shape index (κ2) is 6.05. The smallest absolute Gasteiger partial charge is 0.309 e. The molecule has 0 amide bonds. The molecule has 0 spiro atoms. The van der Waals surface area contributed by atoms with Gasteiger partial charge in [0.1, 0.15) is 0 Å². The second-order valence-corrected chi connectivity index (χ2v) is 5.50. The van der Waals surface area contributed by atoms with E-state index in [1.165, 1.54) is 18.2 Å². The van der Waals surface area contributed by atoms with Crippen molar-refractivity contribution in [3.63, 3.8) is 0 Å². The third-order valence-electron chi connectivity index (χ3n) is 3.97. The van der Waals surface area contributed by atoms with Crippen LogP contribution in [0.4, 0.5) is 0 Å². The molecule has 0 radical (unpaired) electrons. The predicted molar refractivity (Wildman–Crippen MR) is 77.5 cm³/mol. The zero-order chi connectivity index (χ0) is 13.8. The first-order valence-electron chi connectivity index (χ1n) is 6.98. The molecule has 2 rings (SSSR count). The molecule has 0 N–H and O–H groups in total. The first kappa shape index (κ1) is 13.9. The van der Waals surface area contributed by atoms with Crippen LogP contribution >= 0.6 is 0 Å². The van der Waals surface area contributed by atoms with Crippen LogP contribution in [0.1, 0.15) is 32.3 Å². The van der Waals surface area contributed by atoms with Gasteiger partial charge in [-0.25, -0.2) is 0 Å². The molecule has 2 unspecified atom stereocenters. The number of hydrogen-bond acceptors (Lipinski definition) is 2. The van der Waals surface area contributed by atoms with Gasteiger partial charge in [0.05, 0.1) is 13.0 Å². The summed E-state index contributed by atoms with van der Waals surface area (Å²) in [5, 5.41) is 0. The van der Waals surface area contributed by atoms with E-state index in [0.29, 0.717) is 5.92 Å². The van der Waals surface area contributed by atoms with Crippen molar-refractivity contribution in [3.8, 4) is 0 Å². The van der Waals surface area contributed by atoms with Gasteiger partial charge in [0, 0.05) is 0 Å². The molecule has 1 aliphatic carbocycles. The number of hydrogen-bond donors (Lipinski definition) is 0. The Balaban J connectivity index is 2.29. The average molecular weight is 258 g/mol. The van der Waals surface area contributed by atoms with Crippen molar-refractivity contribution in [3.05, 3.63) is 42.0 Å². The number of benzene rings is 1. The third-order valence-corrected chi connectivity index (χ3v) is 3.97. The third kappa shape index (κ3) is 2.89. The van der Waals surface area contributed by atoms with Gasteiger partial charge in [-0.1, -0.05) is 50.3 Å².